The Hall–Kier alpha value is -0.0400. The van der Waals surface area contributed by atoms with E-state index in [1.165, 1.54) is 70.6 Å². The van der Waals surface area contributed by atoms with Gasteiger partial charge in [-0.25, -0.2) is 0 Å². The third-order valence-corrected chi connectivity index (χ3v) is 5.44. The second kappa shape index (κ2) is 6.22. The molecule has 1 heteroatoms. The van der Waals surface area contributed by atoms with Crippen LogP contribution in [0.1, 0.15) is 84.0 Å². The van der Waals surface area contributed by atoms with Crippen LogP contribution in [0.15, 0.2) is 0 Å². The molecular weight excluding hydrogens is 208 g/mol. The molecule has 1 nitrogen and oxygen atoms in total. The lowest BCUT2D eigenvalue weighted by Crippen LogP contribution is -2.43. The van der Waals surface area contributed by atoms with Crippen molar-refractivity contribution in [1.29, 1.82) is 0 Å². The molecule has 1 unspecified atom stereocenters. The fraction of sp³-hybridized carbons (Fsp3) is 1.00. The summed E-state index contributed by atoms with van der Waals surface area (Å²) < 4.78 is 0. The monoisotopic (exact) mass is 238 g/mol. The molecular formula is C16H30O. The van der Waals surface area contributed by atoms with E-state index in [1.54, 1.807) is 0 Å². The fourth-order valence-corrected chi connectivity index (χ4v) is 4.03. The number of aliphatic hydroxyl groups excluding tert-OH is 1. The summed E-state index contributed by atoms with van der Waals surface area (Å²) in [6.07, 6.45) is 15.8. The van der Waals surface area contributed by atoms with Crippen molar-refractivity contribution in [3.8, 4) is 0 Å². The zero-order chi connectivity index (χ0) is 12.1. The third-order valence-electron chi connectivity index (χ3n) is 5.44. The van der Waals surface area contributed by atoms with E-state index >= 15 is 0 Å². The topological polar surface area (TPSA) is 20.2 Å². The summed E-state index contributed by atoms with van der Waals surface area (Å²) in [6.45, 7) is 2.26. The minimum atomic E-state index is 0.00498. The Labute approximate surface area is 107 Å². The van der Waals surface area contributed by atoms with Crippen LogP contribution in [0.3, 0.4) is 0 Å². The van der Waals surface area contributed by atoms with Crippen molar-refractivity contribution in [1.82, 2.24) is 0 Å². The molecule has 0 aliphatic heterocycles. The molecule has 17 heavy (non-hydrogen) atoms. The number of rotatable bonds is 7. The summed E-state index contributed by atoms with van der Waals surface area (Å²) >= 11 is 0. The highest BCUT2D eigenvalue weighted by atomic mass is 16.3. The maximum absolute atomic E-state index is 10.5. The number of unbranched alkanes of at least 4 members (excludes halogenated alkanes) is 4. The third kappa shape index (κ3) is 3.24. The molecule has 0 amide bonds. The summed E-state index contributed by atoms with van der Waals surface area (Å²) in [5.74, 6) is 1.01. The molecule has 2 bridgehead atoms. The lowest BCUT2D eigenvalue weighted by Gasteiger charge is -2.49. The van der Waals surface area contributed by atoms with Gasteiger partial charge in [-0.05, 0) is 56.3 Å². The Kier molecular flexibility index (Phi) is 4.90. The molecule has 1 N–H and O–H groups in total. The Bertz CT molecular complexity index is 202. The van der Waals surface area contributed by atoms with Gasteiger partial charge in [0.25, 0.3) is 0 Å². The minimum absolute atomic E-state index is 0.00498. The average Bonchev–Trinajstić information content (AvgIpc) is 2.40. The number of fused-ring (bicyclic) bond motifs is 3. The molecule has 3 rings (SSSR count). The molecule has 3 aliphatic carbocycles. The van der Waals surface area contributed by atoms with Crippen LogP contribution in [0.25, 0.3) is 0 Å². The van der Waals surface area contributed by atoms with Gasteiger partial charge in [0.15, 0.2) is 0 Å². The van der Waals surface area contributed by atoms with E-state index < -0.39 is 0 Å². The number of hydrogen-bond acceptors (Lipinski definition) is 1. The molecule has 0 aromatic heterocycles. The van der Waals surface area contributed by atoms with E-state index in [9.17, 15) is 5.11 Å². The van der Waals surface area contributed by atoms with Gasteiger partial charge in [-0.3, -0.25) is 0 Å². The lowest BCUT2D eigenvalue weighted by molar-refractivity contribution is -0.0579. The normalized spacial score (nSPS) is 33.9. The molecule has 0 heterocycles. The Morgan fingerprint density at radius 3 is 2.18 bits per heavy atom. The first-order valence-electron chi connectivity index (χ1n) is 7.95. The maximum Gasteiger partial charge on any atom is 0.0596 e. The van der Waals surface area contributed by atoms with E-state index in [-0.39, 0.29) is 6.10 Å². The summed E-state index contributed by atoms with van der Waals surface area (Å²) in [5.41, 5.74) is 0.347. The second-order valence-electron chi connectivity index (χ2n) is 6.56. The molecule has 0 aromatic rings. The average molecular weight is 238 g/mol. The molecule has 0 saturated heterocycles. The highest BCUT2D eigenvalue weighted by molar-refractivity contribution is 4.95. The molecule has 3 saturated carbocycles. The maximum atomic E-state index is 10.5. The van der Waals surface area contributed by atoms with Crippen molar-refractivity contribution >= 4 is 0 Å². The van der Waals surface area contributed by atoms with Crippen molar-refractivity contribution in [2.75, 3.05) is 0 Å². The molecule has 0 aromatic carbocycles. The number of hydrogen-bond donors (Lipinski definition) is 1. The van der Waals surface area contributed by atoms with Crippen molar-refractivity contribution in [3.05, 3.63) is 0 Å². The zero-order valence-corrected chi connectivity index (χ0v) is 11.6. The second-order valence-corrected chi connectivity index (χ2v) is 6.56. The van der Waals surface area contributed by atoms with E-state index in [4.69, 9.17) is 0 Å². The van der Waals surface area contributed by atoms with Gasteiger partial charge in [0.05, 0.1) is 6.10 Å². The van der Waals surface area contributed by atoms with Gasteiger partial charge in [0.2, 0.25) is 0 Å². The van der Waals surface area contributed by atoms with Crippen LogP contribution in [0, 0.1) is 11.3 Å². The van der Waals surface area contributed by atoms with Gasteiger partial charge in [0, 0.05) is 0 Å². The van der Waals surface area contributed by atoms with Gasteiger partial charge in [0.1, 0.15) is 0 Å². The highest BCUT2D eigenvalue weighted by Crippen LogP contribution is 2.52. The van der Waals surface area contributed by atoms with Gasteiger partial charge in [-0.15, -0.1) is 0 Å². The number of aliphatic hydroxyl groups is 1. The molecule has 1 atom stereocenters. The van der Waals surface area contributed by atoms with Crippen LogP contribution in [0.5, 0.6) is 0 Å². The van der Waals surface area contributed by atoms with E-state index in [0.717, 1.165) is 12.3 Å². The van der Waals surface area contributed by atoms with Crippen LogP contribution >= 0.6 is 0 Å². The molecule has 0 spiro atoms. The molecule has 0 radical (unpaired) electrons. The van der Waals surface area contributed by atoms with Gasteiger partial charge < -0.3 is 5.11 Å². The summed E-state index contributed by atoms with van der Waals surface area (Å²) in [7, 11) is 0. The molecule has 100 valence electrons. The Morgan fingerprint density at radius 1 is 1.00 bits per heavy atom. The first-order chi connectivity index (χ1) is 8.27. The van der Waals surface area contributed by atoms with Crippen LogP contribution in [-0.4, -0.2) is 11.2 Å². The molecule has 3 fully saturated rings. The predicted octanol–water partition coefficient (Wildman–Crippen LogP) is 4.68. The Balaban J connectivity index is 1.69. The standard InChI is InChI=1S/C16H30O/c1-2-3-4-5-6-7-15(17)16-11-8-14(9-12-16)10-13-16/h14-15,17H,2-13H2,1H3. The lowest BCUT2D eigenvalue weighted by atomic mass is 9.58. The minimum Gasteiger partial charge on any atom is -0.393 e. The predicted molar refractivity (Wildman–Crippen MR) is 73.0 cm³/mol. The van der Waals surface area contributed by atoms with Crippen molar-refractivity contribution in [2.45, 2.75) is 90.1 Å². The van der Waals surface area contributed by atoms with Gasteiger partial charge >= 0.3 is 0 Å². The van der Waals surface area contributed by atoms with Crippen molar-refractivity contribution in [3.63, 3.8) is 0 Å². The van der Waals surface area contributed by atoms with Crippen molar-refractivity contribution < 1.29 is 5.11 Å². The van der Waals surface area contributed by atoms with E-state index in [2.05, 4.69) is 6.92 Å². The van der Waals surface area contributed by atoms with Crippen molar-refractivity contribution in [2.24, 2.45) is 11.3 Å². The van der Waals surface area contributed by atoms with Gasteiger partial charge in [-0.2, -0.15) is 0 Å². The van der Waals surface area contributed by atoms with E-state index in [1.807, 2.05) is 0 Å². The summed E-state index contributed by atoms with van der Waals surface area (Å²) in [5, 5.41) is 10.5. The largest absolute Gasteiger partial charge is 0.393 e. The molecule has 3 aliphatic rings. The fourth-order valence-electron chi connectivity index (χ4n) is 4.03. The summed E-state index contributed by atoms with van der Waals surface area (Å²) in [4.78, 5) is 0. The zero-order valence-electron chi connectivity index (χ0n) is 11.6. The summed E-state index contributed by atoms with van der Waals surface area (Å²) in [6, 6.07) is 0. The Morgan fingerprint density at radius 2 is 1.59 bits per heavy atom. The quantitative estimate of drug-likeness (QED) is 0.639. The van der Waals surface area contributed by atoms with Crippen LogP contribution in [0.4, 0.5) is 0 Å². The first kappa shape index (κ1) is 13.4. The SMILES string of the molecule is CCCCCCCC(O)C12CCC(CC1)CC2. The highest BCUT2D eigenvalue weighted by Gasteiger charge is 2.44. The van der Waals surface area contributed by atoms with E-state index in [0.29, 0.717) is 5.41 Å². The first-order valence-corrected chi connectivity index (χ1v) is 7.95. The smallest absolute Gasteiger partial charge is 0.0596 e. The van der Waals surface area contributed by atoms with Crippen LogP contribution < -0.4 is 0 Å². The van der Waals surface area contributed by atoms with Crippen LogP contribution in [0.2, 0.25) is 0 Å². The van der Waals surface area contributed by atoms with Gasteiger partial charge in [-0.1, -0.05) is 39.0 Å². The van der Waals surface area contributed by atoms with Crippen LogP contribution in [-0.2, 0) is 0 Å².